The Morgan fingerprint density at radius 1 is 1.29 bits per heavy atom. The number of aryl methyl sites for hydroxylation is 2. The molecule has 0 bridgehead atoms. The highest BCUT2D eigenvalue weighted by Gasteiger charge is 2.20. The first-order valence-corrected chi connectivity index (χ1v) is 6.18. The van der Waals surface area contributed by atoms with Crippen LogP contribution >= 0.6 is 0 Å². The zero-order valence-electron chi connectivity index (χ0n) is 10.3. The molecule has 1 aliphatic heterocycles. The first-order chi connectivity index (χ1) is 8.24. The van der Waals surface area contributed by atoms with E-state index in [-0.39, 0.29) is 0 Å². The van der Waals surface area contributed by atoms with Crippen molar-refractivity contribution in [2.45, 2.75) is 39.2 Å². The lowest BCUT2D eigenvalue weighted by Crippen LogP contribution is -2.27. The Morgan fingerprint density at radius 2 is 2.18 bits per heavy atom. The second kappa shape index (κ2) is 4.07. The van der Waals surface area contributed by atoms with Crippen molar-refractivity contribution in [1.29, 1.82) is 0 Å². The van der Waals surface area contributed by atoms with E-state index >= 15 is 0 Å². The summed E-state index contributed by atoms with van der Waals surface area (Å²) in [7, 11) is 0. The fourth-order valence-corrected chi connectivity index (χ4v) is 2.40. The zero-order chi connectivity index (χ0) is 11.8. The molecule has 3 heterocycles. The fourth-order valence-electron chi connectivity index (χ4n) is 2.40. The summed E-state index contributed by atoms with van der Waals surface area (Å²) < 4.78 is 1.83. The van der Waals surface area contributed by atoms with Crippen molar-refractivity contribution >= 4 is 5.78 Å². The Hall–Kier alpha value is -1.49. The molecule has 1 fully saturated rings. The minimum Gasteiger partial charge on any atom is -0.307 e. The molecule has 1 atom stereocenters. The summed E-state index contributed by atoms with van der Waals surface area (Å²) in [6.07, 6.45) is 3.62. The summed E-state index contributed by atoms with van der Waals surface area (Å²) in [6, 6.07) is 2.32. The Balaban J connectivity index is 2.03. The quantitative estimate of drug-likeness (QED) is 0.809. The number of fused-ring (bicyclic) bond motifs is 1. The number of hydrogen-bond donors (Lipinski definition) is 1. The van der Waals surface area contributed by atoms with Gasteiger partial charge in [0, 0.05) is 11.4 Å². The van der Waals surface area contributed by atoms with Gasteiger partial charge < -0.3 is 5.32 Å². The zero-order valence-corrected chi connectivity index (χ0v) is 10.3. The molecule has 1 N–H and O–H groups in total. The number of piperidine rings is 1. The van der Waals surface area contributed by atoms with Gasteiger partial charge in [-0.25, -0.2) is 9.50 Å². The molecule has 0 unspecified atom stereocenters. The van der Waals surface area contributed by atoms with Gasteiger partial charge in [0.15, 0.2) is 5.82 Å². The van der Waals surface area contributed by atoms with Crippen LogP contribution in [0.15, 0.2) is 6.07 Å². The third-order valence-corrected chi connectivity index (χ3v) is 3.26. The van der Waals surface area contributed by atoms with E-state index in [4.69, 9.17) is 0 Å². The molecule has 2 aromatic rings. The first kappa shape index (κ1) is 10.7. The molecule has 0 saturated carbocycles. The van der Waals surface area contributed by atoms with E-state index in [0.717, 1.165) is 30.2 Å². The van der Waals surface area contributed by atoms with Crippen molar-refractivity contribution in [3.8, 4) is 0 Å². The lowest BCUT2D eigenvalue weighted by molar-refractivity contribution is 0.397. The van der Waals surface area contributed by atoms with Crippen LogP contribution in [0.5, 0.6) is 0 Å². The average Bonchev–Trinajstić information content (AvgIpc) is 2.74. The highest BCUT2D eigenvalue weighted by atomic mass is 15.3. The second-order valence-corrected chi connectivity index (χ2v) is 4.72. The van der Waals surface area contributed by atoms with Crippen LogP contribution in [0.1, 0.15) is 42.5 Å². The lowest BCUT2D eigenvalue weighted by Gasteiger charge is -2.20. The third kappa shape index (κ3) is 1.91. The standard InChI is InChI=1S/C12H17N5/c1-8-7-9(2)17-12(14-8)15-11(16-17)10-5-3-4-6-13-10/h7,10,13H,3-6H2,1-2H3/t10-/m0/s1. The van der Waals surface area contributed by atoms with Gasteiger partial charge in [0.2, 0.25) is 0 Å². The highest BCUT2D eigenvalue weighted by Crippen LogP contribution is 2.20. The first-order valence-electron chi connectivity index (χ1n) is 6.18. The summed E-state index contributed by atoms with van der Waals surface area (Å²) in [5.74, 6) is 1.59. The van der Waals surface area contributed by atoms with Crippen LogP contribution in [0.2, 0.25) is 0 Å². The van der Waals surface area contributed by atoms with E-state index < -0.39 is 0 Å². The summed E-state index contributed by atoms with van der Waals surface area (Å²) in [6.45, 7) is 5.08. The molecule has 0 amide bonds. The van der Waals surface area contributed by atoms with E-state index in [1.807, 2.05) is 24.4 Å². The van der Waals surface area contributed by atoms with Crippen LogP contribution in [0.4, 0.5) is 0 Å². The van der Waals surface area contributed by atoms with Gasteiger partial charge in [-0.05, 0) is 39.3 Å². The van der Waals surface area contributed by atoms with Crippen LogP contribution in [0.25, 0.3) is 5.78 Å². The predicted molar refractivity (Wildman–Crippen MR) is 64.9 cm³/mol. The maximum atomic E-state index is 4.56. The van der Waals surface area contributed by atoms with E-state index in [9.17, 15) is 0 Å². The van der Waals surface area contributed by atoms with Gasteiger partial charge in [-0.15, -0.1) is 5.10 Å². The van der Waals surface area contributed by atoms with Crippen LogP contribution in [0.3, 0.4) is 0 Å². The van der Waals surface area contributed by atoms with Gasteiger partial charge in [0.05, 0.1) is 6.04 Å². The highest BCUT2D eigenvalue weighted by molar-refractivity contribution is 5.31. The van der Waals surface area contributed by atoms with Crippen molar-refractivity contribution < 1.29 is 0 Å². The van der Waals surface area contributed by atoms with Crippen molar-refractivity contribution in [1.82, 2.24) is 24.9 Å². The number of nitrogens with one attached hydrogen (secondary N) is 1. The molecule has 90 valence electrons. The Bertz CT molecular complexity index is 539. The van der Waals surface area contributed by atoms with E-state index in [1.165, 1.54) is 12.8 Å². The van der Waals surface area contributed by atoms with E-state index in [0.29, 0.717) is 11.8 Å². The van der Waals surface area contributed by atoms with Gasteiger partial charge in [-0.2, -0.15) is 4.98 Å². The molecule has 17 heavy (non-hydrogen) atoms. The molecule has 5 nitrogen and oxygen atoms in total. The monoisotopic (exact) mass is 231 g/mol. The number of aromatic nitrogens is 4. The van der Waals surface area contributed by atoms with Crippen LogP contribution in [-0.2, 0) is 0 Å². The topological polar surface area (TPSA) is 55.1 Å². The minimum absolute atomic E-state index is 0.296. The van der Waals surface area contributed by atoms with Crippen molar-refractivity contribution in [3.05, 3.63) is 23.3 Å². The molecule has 1 aliphatic rings. The minimum atomic E-state index is 0.296. The third-order valence-electron chi connectivity index (χ3n) is 3.26. The van der Waals surface area contributed by atoms with Gasteiger partial charge in [0.25, 0.3) is 5.78 Å². The van der Waals surface area contributed by atoms with Crippen molar-refractivity contribution in [3.63, 3.8) is 0 Å². The molecular weight excluding hydrogens is 214 g/mol. The number of rotatable bonds is 1. The average molecular weight is 231 g/mol. The van der Waals surface area contributed by atoms with Gasteiger partial charge >= 0.3 is 0 Å². The summed E-state index contributed by atoms with van der Waals surface area (Å²) in [5.41, 5.74) is 2.08. The molecule has 5 heteroatoms. The molecular formula is C12H17N5. The molecule has 0 spiro atoms. The fraction of sp³-hybridized carbons (Fsp3) is 0.583. The maximum Gasteiger partial charge on any atom is 0.252 e. The van der Waals surface area contributed by atoms with Gasteiger partial charge in [0.1, 0.15) is 0 Å². The van der Waals surface area contributed by atoms with Crippen molar-refractivity contribution in [2.24, 2.45) is 0 Å². The van der Waals surface area contributed by atoms with Crippen LogP contribution < -0.4 is 5.32 Å². The lowest BCUT2D eigenvalue weighted by atomic mass is 10.0. The second-order valence-electron chi connectivity index (χ2n) is 4.72. The number of hydrogen-bond acceptors (Lipinski definition) is 4. The van der Waals surface area contributed by atoms with E-state index in [2.05, 4.69) is 20.4 Å². The summed E-state index contributed by atoms with van der Waals surface area (Å²) in [5, 5.41) is 8.02. The SMILES string of the molecule is Cc1cc(C)n2nc([C@@H]3CCCCN3)nc2n1. The number of nitrogens with zero attached hydrogens (tertiary/aromatic N) is 4. The van der Waals surface area contributed by atoms with Gasteiger partial charge in [-0.3, -0.25) is 0 Å². The van der Waals surface area contributed by atoms with Gasteiger partial charge in [-0.1, -0.05) is 6.42 Å². The normalized spacial score (nSPS) is 20.9. The molecule has 0 aromatic carbocycles. The molecule has 3 rings (SSSR count). The Morgan fingerprint density at radius 3 is 2.94 bits per heavy atom. The molecule has 0 radical (unpaired) electrons. The summed E-state index contributed by atoms with van der Waals surface area (Å²) >= 11 is 0. The smallest absolute Gasteiger partial charge is 0.252 e. The predicted octanol–water partition coefficient (Wildman–Crippen LogP) is 1.56. The molecule has 2 aromatic heterocycles. The molecule has 1 saturated heterocycles. The van der Waals surface area contributed by atoms with E-state index in [1.54, 1.807) is 0 Å². The van der Waals surface area contributed by atoms with Crippen LogP contribution in [0, 0.1) is 13.8 Å². The van der Waals surface area contributed by atoms with Crippen molar-refractivity contribution in [2.75, 3.05) is 6.54 Å². The Kier molecular flexibility index (Phi) is 2.55. The summed E-state index contributed by atoms with van der Waals surface area (Å²) in [4.78, 5) is 8.95. The van der Waals surface area contributed by atoms with Crippen LogP contribution in [-0.4, -0.2) is 26.1 Å². The largest absolute Gasteiger partial charge is 0.307 e. The molecule has 0 aliphatic carbocycles. The Labute approximate surface area is 100 Å². The maximum absolute atomic E-state index is 4.56.